The van der Waals surface area contributed by atoms with Crippen LogP contribution in [-0.4, -0.2) is 47.9 Å². The Hall–Kier alpha value is -2.37. The number of rotatable bonds is 7. The van der Waals surface area contributed by atoms with Crippen molar-refractivity contribution in [2.45, 2.75) is 32.2 Å². The third-order valence-corrected chi connectivity index (χ3v) is 3.23. The Balaban J connectivity index is 2.86. The van der Waals surface area contributed by atoms with Gasteiger partial charge in [0, 0.05) is 25.2 Å². The quantitative estimate of drug-likeness (QED) is 0.803. The smallest absolute Gasteiger partial charge is 0.326 e. The van der Waals surface area contributed by atoms with Crippen LogP contribution in [0.15, 0.2) is 24.3 Å². The number of benzene rings is 1. The van der Waals surface area contributed by atoms with Gasteiger partial charge < -0.3 is 15.3 Å². The number of nitrogens with one attached hydrogen (secondary N) is 1. The zero-order chi connectivity index (χ0) is 16.7. The summed E-state index contributed by atoms with van der Waals surface area (Å²) in [6.07, 6.45) is 1.96. The fourth-order valence-electron chi connectivity index (χ4n) is 1.96. The van der Waals surface area contributed by atoms with Crippen molar-refractivity contribution in [3.05, 3.63) is 35.4 Å². The molecule has 0 aliphatic heterocycles. The number of amides is 2. The lowest BCUT2D eigenvalue weighted by atomic mass is 10.1. The highest BCUT2D eigenvalue weighted by Crippen LogP contribution is 2.09. The molecule has 22 heavy (non-hydrogen) atoms. The van der Waals surface area contributed by atoms with Gasteiger partial charge in [0.1, 0.15) is 6.04 Å². The molecule has 2 amide bonds. The first-order valence-corrected chi connectivity index (χ1v) is 7.22. The maximum atomic E-state index is 12.2. The predicted molar refractivity (Wildman–Crippen MR) is 82.9 cm³/mol. The predicted octanol–water partition coefficient (Wildman–Crippen LogP) is 1.76. The summed E-state index contributed by atoms with van der Waals surface area (Å²) in [5, 5.41) is 11.6. The van der Waals surface area contributed by atoms with Crippen molar-refractivity contribution >= 4 is 17.8 Å². The Kier molecular flexibility index (Phi) is 6.56. The average Bonchev–Trinajstić information content (AvgIpc) is 2.50. The minimum Gasteiger partial charge on any atom is -0.480 e. The highest BCUT2D eigenvalue weighted by Gasteiger charge is 2.20. The average molecular weight is 306 g/mol. The number of aliphatic carboxylic acids is 1. The van der Waals surface area contributed by atoms with Crippen molar-refractivity contribution in [1.82, 2.24) is 10.2 Å². The number of nitrogens with zero attached hydrogens (tertiary/aromatic N) is 1. The van der Waals surface area contributed by atoms with Crippen molar-refractivity contribution in [2.24, 2.45) is 0 Å². The van der Waals surface area contributed by atoms with E-state index in [0.717, 1.165) is 12.8 Å². The van der Waals surface area contributed by atoms with E-state index in [1.165, 1.54) is 11.0 Å². The summed E-state index contributed by atoms with van der Waals surface area (Å²) in [6, 6.07) is 5.33. The van der Waals surface area contributed by atoms with Crippen molar-refractivity contribution in [2.75, 3.05) is 14.1 Å². The van der Waals surface area contributed by atoms with Crippen LogP contribution in [0.3, 0.4) is 0 Å². The van der Waals surface area contributed by atoms with Crippen molar-refractivity contribution in [3.8, 4) is 0 Å². The van der Waals surface area contributed by atoms with Gasteiger partial charge in [-0.05, 0) is 24.6 Å². The number of unbranched alkanes of at least 4 members (excludes halogenated alkanes) is 1. The Morgan fingerprint density at radius 1 is 1.23 bits per heavy atom. The lowest BCUT2D eigenvalue weighted by Gasteiger charge is -2.15. The molecule has 120 valence electrons. The van der Waals surface area contributed by atoms with E-state index in [0.29, 0.717) is 12.0 Å². The van der Waals surface area contributed by atoms with Crippen LogP contribution in [0.5, 0.6) is 0 Å². The van der Waals surface area contributed by atoms with Gasteiger partial charge in [-0.1, -0.05) is 25.8 Å². The van der Waals surface area contributed by atoms with Gasteiger partial charge in [-0.3, -0.25) is 9.59 Å². The summed E-state index contributed by atoms with van der Waals surface area (Å²) < 4.78 is 0. The van der Waals surface area contributed by atoms with Gasteiger partial charge in [0.05, 0.1) is 0 Å². The molecule has 0 heterocycles. The summed E-state index contributed by atoms with van der Waals surface area (Å²) in [7, 11) is 3.25. The van der Waals surface area contributed by atoms with Crippen molar-refractivity contribution < 1.29 is 19.5 Å². The molecule has 1 aromatic rings. The fraction of sp³-hybridized carbons (Fsp3) is 0.438. The number of hydrogen-bond donors (Lipinski definition) is 2. The first-order valence-electron chi connectivity index (χ1n) is 7.22. The molecule has 0 bridgehead atoms. The van der Waals surface area contributed by atoms with Crippen molar-refractivity contribution in [1.29, 1.82) is 0 Å². The van der Waals surface area contributed by atoms with E-state index in [1.54, 1.807) is 32.3 Å². The van der Waals surface area contributed by atoms with Gasteiger partial charge in [0.2, 0.25) is 0 Å². The normalized spacial score (nSPS) is 11.6. The molecule has 0 aromatic heterocycles. The van der Waals surface area contributed by atoms with Gasteiger partial charge >= 0.3 is 5.97 Å². The lowest BCUT2D eigenvalue weighted by molar-refractivity contribution is -0.139. The number of carbonyl (C=O) groups is 3. The first kappa shape index (κ1) is 17.7. The standard InChI is InChI=1S/C16H22N2O4/c1-4-5-9-13(16(21)22)17-14(19)11-7-6-8-12(10-11)15(20)18(2)3/h6-8,10,13H,4-5,9H2,1-3H3,(H,17,19)(H,21,22). The number of carboxylic acids is 1. The molecule has 0 saturated heterocycles. The van der Waals surface area contributed by atoms with Gasteiger partial charge in [-0.15, -0.1) is 0 Å². The fourth-order valence-corrected chi connectivity index (χ4v) is 1.96. The molecular formula is C16H22N2O4. The van der Waals surface area contributed by atoms with Crippen LogP contribution in [-0.2, 0) is 4.79 Å². The van der Waals surface area contributed by atoms with E-state index in [4.69, 9.17) is 5.11 Å². The monoisotopic (exact) mass is 306 g/mol. The zero-order valence-corrected chi connectivity index (χ0v) is 13.1. The summed E-state index contributed by atoms with van der Waals surface area (Å²) in [6.45, 7) is 1.96. The van der Waals surface area contributed by atoms with Gasteiger partial charge in [0.15, 0.2) is 0 Å². The molecule has 1 rings (SSSR count). The molecule has 0 fully saturated rings. The molecule has 0 aliphatic rings. The SMILES string of the molecule is CCCCC(NC(=O)c1cccc(C(=O)N(C)C)c1)C(=O)O. The highest BCUT2D eigenvalue weighted by molar-refractivity contribution is 6.00. The maximum absolute atomic E-state index is 12.2. The third kappa shape index (κ3) is 4.87. The van der Waals surface area contributed by atoms with Crippen LogP contribution in [0.2, 0.25) is 0 Å². The number of carboxylic acid groups (broad SMARTS) is 1. The minimum atomic E-state index is -1.05. The van der Waals surface area contributed by atoms with Crippen LogP contribution in [0.1, 0.15) is 46.9 Å². The van der Waals surface area contributed by atoms with Gasteiger partial charge in [-0.2, -0.15) is 0 Å². The van der Waals surface area contributed by atoms with Crippen LogP contribution in [0.25, 0.3) is 0 Å². The van der Waals surface area contributed by atoms with E-state index in [9.17, 15) is 14.4 Å². The second-order valence-corrected chi connectivity index (χ2v) is 5.29. The molecule has 0 spiro atoms. The van der Waals surface area contributed by atoms with E-state index >= 15 is 0 Å². The molecule has 0 radical (unpaired) electrons. The van der Waals surface area contributed by atoms with E-state index in [-0.39, 0.29) is 11.5 Å². The second-order valence-electron chi connectivity index (χ2n) is 5.29. The Bertz CT molecular complexity index is 555. The molecule has 1 unspecified atom stereocenters. The van der Waals surface area contributed by atoms with E-state index in [2.05, 4.69) is 5.32 Å². The van der Waals surface area contributed by atoms with Crippen molar-refractivity contribution in [3.63, 3.8) is 0 Å². The molecule has 1 aromatic carbocycles. The lowest BCUT2D eigenvalue weighted by Crippen LogP contribution is -2.40. The molecule has 6 heteroatoms. The minimum absolute atomic E-state index is 0.213. The van der Waals surface area contributed by atoms with Crippen LogP contribution >= 0.6 is 0 Å². The molecule has 1 atom stereocenters. The number of carbonyl (C=O) groups excluding carboxylic acids is 2. The van der Waals surface area contributed by atoms with E-state index in [1.807, 2.05) is 6.92 Å². The second kappa shape index (κ2) is 8.17. The zero-order valence-electron chi connectivity index (χ0n) is 13.1. The van der Waals surface area contributed by atoms with E-state index < -0.39 is 17.9 Å². The third-order valence-electron chi connectivity index (χ3n) is 3.23. The van der Waals surface area contributed by atoms with Crippen LogP contribution in [0.4, 0.5) is 0 Å². The first-order chi connectivity index (χ1) is 10.4. The van der Waals surface area contributed by atoms with Gasteiger partial charge in [-0.25, -0.2) is 4.79 Å². The van der Waals surface area contributed by atoms with Crippen LogP contribution < -0.4 is 5.32 Å². The largest absolute Gasteiger partial charge is 0.480 e. The Morgan fingerprint density at radius 3 is 2.41 bits per heavy atom. The maximum Gasteiger partial charge on any atom is 0.326 e. The summed E-state index contributed by atoms with van der Waals surface area (Å²) in [4.78, 5) is 36.6. The summed E-state index contributed by atoms with van der Waals surface area (Å²) in [5.74, 6) is -1.75. The molecule has 0 aliphatic carbocycles. The molecular weight excluding hydrogens is 284 g/mol. The number of hydrogen-bond acceptors (Lipinski definition) is 3. The Morgan fingerprint density at radius 2 is 1.86 bits per heavy atom. The molecule has 2 N–H and O–H groups in total. The van der Waals surface area contributed by atoms with Crippen LogP contribution in [0, 0.1) is 0 Å². The highest BCUT2D eigenvalue weighted by atomic mass is 16.4. The van der Waals surface area contributed by atoms with Gasteiger partial charge in [0.25, 0.3) is 11.8 Å². The molecule has 6 nitrogen and oxygen atoms in total. The molecule has 0 saturated carbocycles. The summed E-state index contributed by atoms with van der Waals surface area (Å²) in [5.41, 5.74) is 0.661. The Labute approximate surface area is 130 Å². The summed E-state index contributed by atoms with van der Waals surface area (Å²) >= 11 is 0. The topological polar surface area (TPSA) is 86.7 Å².